The van der Waals surface area contributed by atoms with Crippen LogP contribution < -0.4 is 5.73 Å². The van der Waals surface area contributed by atoms with Gasteiger partial charge >= 0.3 is 12.1 Å². The molecule has 0 bridgehead atoms. The van der Waals surface area contributed by atoms with E-state index >= 15 is 0 Å². The largest absolute Gasteiger partial charge is 0.505 e. The maximum absolute atomic E-state index is 12.9. The fourth-order valence-electron chi connectivity index (χ4n) is 1.27. The average Bonchev–Trinajstić information content (AvgIpc) is 2.19. The molecule has 94 valence electrons. The molecule has 0 aliphatic heterocycles. The van der Waals surface area contributed by atoms with Gasteiger partial charge in [0.1, 0.15) is 6.04 Å². The number of rotatable bonds is 2. The highest BCUT2D eigenvalue weighted by atomic mass is 19.4. The third-order valence-corrected chi connectivity index (χ3v) is 2.05. The van der Waals surface area contributed by atoms with Gasteiger partial charge in [-0.3, -0.25) is 4.79 Å². The zero-order valence-corrected chi connectivity index (χ0v) is 8.12. The van der Waals surface area contributed by atoms with Crippen molar-refractivity contribution in [3.8, 4) is 5.75 Å². The number of hydrogen-bond donors (Lipinski definition) is 3. The Morgan fingerprint density at radius 3 is 2.29 bits per heavy atom. The molecule has 1 aromatic rings. The molecule has 0 amide bonds. The second kappa shape index (κ2) is 4.21. The summed E-state index contributed by atoms with van der Waals surface area (Å²) in [5, 5.41) is 17.7. The molecule has 0 saturated carbocycles. The van der Waals surface area contributed by atoms with E-state index in [4.69, 9.17) is 15.9 Å². The minimum absolute atomic E-state index is 0.327. The first-order valence-electron chi connectivity index (χ1n) is 4.23. The molecule has 1 aromatic carbocycles. The number of halogens is 4. The third kappa shape index (κ3) is 2.47. The number of hydrogen-bond acceptors (Lipinski definition) is 3. The second-order valence-corrected chi connectivity index (χ2v) is 3.17. The Hall–Kier alpha value is -1.83. The lowest BCUT2D eigenvalue weighted by molar-refractivity contribution is -0.141. The number of aromatic hydroxyl groups is 1. The second-order valence-electron chi connectivity index (χ2n) is 3.17. The van der Waals surface area contributed by atoms with Crippen molar-refractivity contribution in [1.29, 1.82) is 0 Å². The molecule has 4 N–H and O–H groups in total. The molecule has 8 heteroatoms. The maximum atomic E-state index is 12.9. The van der Waals surface area contributed by atoms with Gasteiger partial charge in [-0.05, 0) is 12.1 Å². The molecule has 1 rings (SSSR count). The van der Waals surface area contributed by atoms with Crippen LogP contribution in [0.2, 0.25) is 0 Å². The van der Waals surface area contributed by atoms with E-state index < -0.39 is 40.9 Å². The summed E-state index contributed by atoms with van der Waals surface area (Å²) in [7, 11) is 0. The fraction of sp³-hybridized carbons (Fsp3) is 0.222. The summed E-state index contributed by atoms with van der Waals surface area (Å²) in [5.74, 6) is -4.59. The number of alkyl halides is 3. The van der Waals surface area contributed by atoms with Crippen molar-refractivity contribution in [2.45, 2.75) is 12.2 Å². The van der Waals surface area contributed by atoms with Gasteiger partial charge < -0.3 is 15.9 Å². The van der Waals surface area contributed by atoms with E-state index in [1.165, 1.54) is 0 Å². The molecule has 0 aromatic heterocycles. The van der Waals surface area contributed by atoms with E-state index in [1.807, 2.05) is 0 Å². The predicted molar refractivity (Wildman–Crippen MR) is 47.6 cm³/mol. The summed E-state index contributed by atoms with van der Waals surface area (Å²) < 4.78 is 50.4. The third-order valence-electron chi connectivity index (χ3n) is 2.05. The number of phenolic OH excluding ortho intramolecular Hbond substituents is 1. The number of aliphatic carboxylic acids is 1. The van der Waals surface area contributed by atoms with Crippen LogP contribution in [0.3, 0.4) is 0 Å². The molecule has 1 atom stereocenters. The standard InChI is InChI=1S/C9H7F4NO3/c10-4-2-1-3(9(11,12)13)5(7(4)15)6(14)8(16)17/h1-2,6,15H,14H2,(H,16,17)/t6-/m0/s1. The van der Waals surface area contributed by atoms with Crippen LogP contribution in [-0.2, 0) is 11.0 Å². The van der Waals surface area contributed by atoms with Gasteiger partial charge in [0.05, 0.1) is 5.56 Å². The summed E-state index contributed by atoms with van der Waals surface area (Å²) in [5.41, 5.74) is 2.31. The highest BCUT2D eigenvalue weighted by Gasteiger charge is 2.38. The zero-order valence-electron chi connectivity index (χ0n) is 8.12. The highest BCUT2D eigenvalue weighted by molar-refractivity contribution is 5.77. The quantitative estimate of drug-likeness (QED) is 0.699. The van der Waals surface area contributed by atoms with E-state index in [-0.39, 0.29) is 0 Å². The van der Waals surface area contributed by atoms with E-state index in [0.717, 1.165) is 0 Å². The van der Waals surface area contributed by atoms with E-state index in [2.05, 4.69) is 0 Å². The van der Waals surface area contributed by atoms with Gasteiger partial charge in [0.2, 0.25) is 0 Å². The summed E-state index contributed by atoms with van der Waals surface area (Å²) in [6.45, 7) is 0. The van der Waals surface area contributed by atoms with Crippen LogP contribution >= 0.6 is 0 Å². The summed E-state index contributed by atoms with van der Waals surface area (Å²) in [4.78, 5) is 10.5. The Kier molecular flexibility index (Phi) is 3.28. The van der Waals surface area contributed by atoms with Crippen LogP contribution in [0.4, 0.5) is 17.6 Å². The first-order valence-corrected chi connectivity index (χ1v) is 4.23. The molecular weight excluding hydrogens is 246 g/mol. The first-order chi connectivity index (χ1) is 7.66. The minimum Gasteiger partial charge on any atom is -0.505 e. The molecule has 0 spiro atoms. The lowest BCUT2D eigenvalue weighted by atomic mass is 9.99. The molecule has 0 aliphatic rings. The van der Waals surface area contributed by atoms with Crippen molar-refractivity contribution >= 4 is 5.97 Å². The lowest BCUT2D eigenvalue weighted by Gasteiger charge is -2.17. The van der Waals surface area contributed by atoms with Crippen molar-refractivity contribution in [2.24, 2.45) is 5.73 Å². The molecule has 4 nitrogen and oxygen atoms in total. The van der Waals surface area contributed by atoms with E-state index in [0.29, 0.717) is 12.1 Å². The number of phenols is 1. The lowest BCUT2D eigenvalue weighted by Crippen LogP contribution is -2.25. The maximum Gasteiger partial charge on any atom is 0.416 e. The molecule has 0 aliphatic carbocycles. The predicted octanol–water partition coefficient (Wildman–Crippen LogP) is 1.63. The summed E-state index contributed by atoms with van der Waals surface area (Å²) >= 11 is 0. The van der Waals surface area contributed by atoms with Crippen molar-refractivity contribution < 1.29 is 32.6 Å². The van der Waals surface area contributed by atoms with Crippen LogP contribution in [-0.4, -0.2) is 16.2 Å². The Morgan fingerprint density at radius 2 is 1.88 bits per heavy atom. The van der Waals surface area contributed by atoms with Crippen LogP contribution in [0.1, 0.15) is 17.2 Å². The van der Waals surface area contributed by atoms with E-state index in [9.17, 15) is 22.4 Å². The number of carboxylic acids is 1. The number of benzene rings is 1. The zero-order chi connectivity index (χ0) is 13.4. The smallest absolute Gasteiger partial charge is 0.416 e. The molecule has 0 unspecified atom stereocenters. The van der Waals surface area contributed by atoms with Crippen LogP contribution in [0.25, 0.3) is 0 Å². The SMILES string of the molecule is N[C@H](C(=O)O)c1c(C(F)(F)F)ccc(F)c1O. The van der Waals surface area contributed by atoms with Gasteiger partial charge in [-0.2, -0.15) is 13.2 Å². The van der Waals surface area contributed by atoms with Gasteiger partial charge in [-0.1, -0.05) is 0 Å². The van der Waals surface area contributed by atoms with Gasteiger partial charge in [0.25, 0.3) is 0 Å². The summed E-state index contributed by atoms with van der Waals surface area (Å²) in [6.07, 6.45) is -4.94. The Labute approximate surface area is 92.3 Å². The normalized spacial score (nSPS) is 13.5. The Bertz CT molecular complexity index is 458. The van der Waals surface area contributed by atoms with Gasteiger partial charge in [-0.25, -0.2) is 4.39 Å². The molecule has 0 fully saturated rings. The molecule has 0 radical (unpaired) electrons. The molecule has 17 heavy (non-hydrogen) atoms. The van der Waals surface area contributed by atoms with Gasteiger partial charge in [0, 0.05) is 5.56 Å². The topological polar surface area (TPSA) is 83.6 Å². The van der Waals surface area contributed by atoms with Gasteiger partial charge in [0.15, 0.2) is 11.6 Å². The molecule has 0 heterocycles. The van der Waals surface area contributed by atoms with Crippen molar-refractivity contribution in [3.05, 3.63) is 29.1 Å². The summed E-state index contributed by atoms with van der Waals surface area (Å²) in [6, 6.07) is -1.45. The van der Waals surface area contributed by atoms with Crippen molar-refractivity contribution in [1.82, 2.24) is 0 Å². The Morgan fingerprint density at radius 1 is 1.35 bits per heavy atom. The molecular formula is C9H7F4NO3. The number of nitrogens with two attached hydrogens (primary N) is 1. The fourth-order valence-corrected chi connectivity index (χ4v) is 1.27. The molecule has 0 saturated heterocycles. The van der Waals surface area contributed by atoms with Crippen LogP contribution in [0.15, 0.2) is 12.1 Å². The van der Waals surface area contributed by atoms with E-state index in [1.54, 1.807) is 0 Å². The average molecular weight is 253 g/mol. The van der Waals surface area contributed by atoms with Crippen molar-refractivity contribution in [3.63, 3.8) is 0 Å². The number of carbonyl (C=O) groups is 1. The Balaban J connectivity index is 3.53. The highest BCUT2D eigenvalue weighted by Crippen LogP contribution is 2.39. The van der Waals surface area contributed by atoms with Crippen molar-refractivity contribution in [2.75, 3.05) is 0 Å². The van der Waals surface area contributed by atoms with Crippen LogP contribution in [0, 0.1) is 5.82 Å². The first kappa shape index (κ1) is 13.2. The monoisotopic (exact) mass is 253 g/mol. The minimum atomic E-state index is -4.94. The number of carboxylic acid groups (broad SMARTS) is 1. The van der Waals surface area contributed by atoms with Gasteiger partial charge in [-0.15, -0.1) is 0 Å². The van der Waals surface area contributed by atoms with Crippen LogP contribution in [0.5, 0.6) is 5.75 Å².